The first-order chi connectivity index (χ1) is 28.3. The summed E-state index contributed by atoms with van der Waals surface area (Å²) >= 11 is 0. The Morgan fingerprint density at radius 2 is 0.614 bits per heavy atom. The fourth-order valence-corrected chi connectivity index (χ4v) is 8.19. The first-order valence-electron chi connectivity index (χ1n) is 19.6. The van der Waals surface area contributed by atoms with Crippen molar-refractivity contribution < 1.29 is 0 Å². The van der Waals surface area contributed by atoms with Gasteiger partial charge in [0.1, 0.15) is 0 Å². The van der Waals surface area contributed by atoms with Gasteiger partial charge in [0, 0.05) is 16.8 Å². The van der Waals surface area contributed by atoms with Crippen LogP contribution in [-0.4, -0.2) is 0 Å². The van der Waals surface area contributed by atoms with Gasteiger partial charge >= 0.3 is 0 Å². The number of anilines is 3. The maximum Gasteiger partial charge on any atom is 0.0546 e. The molecule has 0 radical (unpaired) electrons. The molecule has 0 unspecified atom stereocenters. The monoisotopic (exact) mass is 725 g/mol. The van der Waals surface area contributed by atoms with Gasteiger partial charge in [0.25, 0.3) is 0 Å². The van der Waals surface area contributed by atoms with Crippen molar-refractivity contribution in [3.05, 3.63) is 237 Å². The van der Waals surface area contributed by atoms with E-state index >= 15 is 0 Å². The van der Waals surface area contributed by atoms with E-state index in [1.165, 1.54) is 77.2 Å². The Hall–Kier alpha value is -7.48. The van der Waals surface area contributed by atoms with Gasteiger partial charge < -0.3 is 4.90 Å². The van der Waals surface area contributed by atoms with Gasteiger partial charge in [-0.15, -0.1) is 0 Å². The molecule has 0 aromatic heterocycles. The summed E-state index contributed by atoms with van der Waals surface area (Å²) in [6, 6.07) is 85.6. The lowest BCUT2D eigenvalue weighted by Gasteiger charge is -2.28. The Balaban J connectivity index is 1.04. The summed E-state index contributed by atoms with van der Waals surface area (Å²) in [5.74, 6) is 0. The second-order valence-corrected chi connectivity index (χ2v) is 14.5. The standard InChI is InChI=1S/C56H39N/c1-4-14-40(15-5-1)43-28-33-49(34-29-43)57(56-39-48-20-10-11-21-51(48)53-22-12-13-23-54(53)56)50-35-30-44(31-36-50)42-24-26-46(27-25-42)55-38-47(41-16-6-2-7-17-41)32-37-52(55)45-18-8-3-9-19-45/h1-39H. The van der Waals surface area contributed by atoms with Gasteiger partial charge in [0.05, 0.1) is 5.69 Å². The van der Waals surface area contributed by atoms with Crippen LogP contribution in [-0.2, 0) is 0 Å². The number of benzene rings is 10. The van der Waals surface area contributed by atoms with E-state index in [0.717, 1.165) is 17.1 Å². The van der Waals surface area contributed by atoms with Gasteiger partial charge in [-0.3, -0.25) is 0 Å². The molecule has 1 nitrogen and oxygen atoms in total. The zero-order chi connectivity index (χ0) is 38.0. The third kappa shape index (κ3) is 6.66. The molecule has 0 N–H and O–H groups in total. The second kappa shape index (κ2) is 15.0. The topological polar surface area (TPSA) is 3.24 Å². The highest BCUT2D eigenvalue weighted by Crippen LogP contribution is 2.43. The maximum atomic E-state index is 2.40. The summed E-state index contributed by atoms with van der Waals surface area (Å²) in [5, 5.41) is 4.95. The van der Waals surface area contributed by atoms with Crippen LogP contribution in [0.4, 0.5) is 17.1 Å². The van der Waals surface area contributed by atoms with E-state index in [4.69, 9.17) is 0 Å². The van der Waals surface area contributed by atoms with Crippen molar-refractivity contribution in [2.45, 2.75) is 0 Å². The fourth-order valence-electron chi connectivity index (χ4n) is 8.19. The van der Waals surface area contributed by atoms with E-state index in [1.54, 1.807) is 0 Å². The van der Waals surface area contributed by atoms with Gasteiger partial charge in [-0.2, -0.15) is 0 Å². The van der Waals surface area contributed by atoms with Gasteiger partial charge in [-0.05, 0) is 108 Å². The largest absolute Gasteiger partial charge is 0.310 e. The highest BCUT2D eigenvalue weighted by Gasteiger charge is 2.18. The molecule has 0 aliphatic carbocycles. The van der Waals surface area contributed by atoms with Crippen LogP contribution in [0, 0.1) is 0 Å². The molecule has 0 fully saturated rings. The lowest BCUT2D eigenvalue weighted by molar-refractivity contribution is 1.30. The first-order valence-corrected chi connectivity index (χ1v) is 19.6. The Morgan fingerprint density at radius 1 is 0.228 bits per heavy atom. The minimum Gasteiger partial charge on any atom is -0.310 e. The van der Waals surface area contributed by atoms with E-state index in [-0.39, 0.29) is 0 Å². The summed E-state index contributed by atoms with van der Waals surface area (Å²) in [6.45, 7) is 0. The normalized spacial score (nSPS) is 11.2. The summed E-state index contributed by atoms with van der Waals surface area (Å²) in [7, 11) is 0. The number of fused-ring (bicyclic) bond motifs is 3. The van der Waals surface area contributed by atoms with E-state index in [1.807, 2.05) is 0 Å². The number of hydrogen-bond acceptors (Lipinski definition) is 1. The van der Waals surface area contributed by atoms with Gasteiger partial charge in [0.15, 0.2) is 0 Å². The minimum absolute atomic E-state index is 1.11. The number of rotatable bonds is 8. The summed E-state index contributed by atoms with van der Waals surface area (Å²) < 4.78 is 0. The molecule has 10 aromatic carbocycles. The molecular formula is C56H39N. The smallest absolute Gasteiger partial charge is 0.0546 e. The Labute approximate surface area is 334 Å². The fraction of sp³-hybridized carbons (Fsp3) is 0. The van der Waals surface area contributed by atoms with Crippen molar-refractivity contribution in [2.24, 2.45) is 0 Å². The van der Waals surface area contributed by atoms with Crippen molar-refractivity contribution >= 4 is 38.6 Å². The lowest BCUT2D eigenvalue weighted by atomic mass is 9.90. The summed E-state index contributed by atoms with van der Waals surface area (Å²) in [5.41, 5.74) is 15.4. The van der Waals surface area contributed by atoms with Crippen molar-refractivity contribution in [3.63, 3.8) is 0 Å². The Kier molecular flexibility index (Phi) is 8.95. The molecule has 0 amide bonds. The SMILES string of the molecule is c1ccc(-c2ccc(N(c3ccc(-c4ccc(-c5cc(-c6ccccc6)ccc5-c5ccccc5)cc4)cc3)c3cc4ccccc4c4ccccc34)cc2)cc1. The summed E-state index contributed by atoms with van der Waals surface area (Å²) in [4.78, 5) is 2.40. The van der Waals surface area contributed by atoms with Crippen LogP contribution in [0.1, 0.15) is 0 Å². The quantitative estimate of drug-likeness (QED) is 0.141. The molecule has 0 aliphatic heterocycles. The molecule has 0 aliphatic rings. The molecule has 0 saturated heterocycles. The van der Waals surface area contributed by atoms with Crippen LogP contribution >= 0.6 is 0 Å². The zero-order valence-corrected chi connectivity index (χ0v) is 31.5. The first kappa shape index (κ1) is 34.0. The van der Waals surface area contributed by atoms with Crippen LogP contribution in [0.5, 0.6) is 0 Å². The van der Waals surface area contributed by atoms with Crippen LogP contribution < -0.4 is 4.90 Å². The zero-order valence-electron chi connectivity index (χ0n) is 31.5. The van der Waals surface area contributed by atoms with E-state index in [0.29, 0.717) is 0 Å². The van der Waals surface area contributed by atoms with E-state index < -0.39 is 0 Å². The summed E-state index contributed by atoms with van der Waals surface area (Å²) in [6.07, 6.45) is 0. The Bertz CT molecular complexity index is 2950. The average molecular weight is 726 g/mol. The molecule has 57 heavy (non-hydrogen) atoms. The van der Waals surface area contributed by atoms with Crippen molar-refractivity contribution in [3.8, 4) is 55.6 Å². The van der Waals surface area contributed by atoms with Crippen LogP contribution in [0.2, 0.25) is 0 Å². The highest BCUT2D eigenvalue weighted by atomic mass is 15.1. The van der Waals surface area contributed by atoms with Crippen LogP contribution in [0.3, 0.4) is 0 Å². The molecule has 0 saturated carbocycles. The predicted molar refractivity (Wildman–Crippen MR) is 243 cm³/mol. The van der Waals surface area contributed by atoms with E-state index in [9.17, 15) is 0 Å². The van der Waals surface area contributed by atoms with E-state index in [2.05, 4.69) is 241 Å². The molecule has 0 spiro atoms. The third-order valence-electron chi connectivity index (χ3n) is 11.1. The van der Waals surface area contributed by atoms with Gasteiger partial charge in [-0.1, -0.05) is 200 Å². The molecule has 1 heteroatoms. The molecule has 0 atom stereocenters. The Morgan fingerprint density at radius 3 is 1.19 bits per heavy atom. The average Bonchev–Trinajstić information content (AvgIpc) is 3.30. The predicted octanol–water partition coefficient (Wildman–Crippen LogP) is 15.8. The van der Waals surface area contributed by atoms with Crippen LogP contribution in [0.25, 0.3) is 77.2 Å². The molecule has 0 heterocycles. The number of nitrogens with zero attached hydrogens (tertiary/aromatic N) is 1. The van der Waals surface area contributed by atoms with Gasteiger partial charge in [0.2, 0.25) is 0 Å². The lowest BCUT2D eigenvalue weighted by Crippen LogP contribution is -2.10. The van der Waals surface area contributed by atoms with Crippen LogP contribution in [0.15, 0.2) is 237 Å². The molecule has 0 bridgehead atoms. The number of hydrogen-bond donors (Lipinski definition) is 0. The van der Waals surface area contributed by atoms with Crippen molar-refractivity contribution in [1.29, 1.82) is 0 Å². The molecular weight excluding hydrogens is 687 g/mol. The van der Waals surface area contributed by atoms with Crippen molar-refractivity contribution in [2.75, 3.05) is 4.90 Å². The molecule has 10 rings (SSSR count). The minimum atomic E-state index is 1.11. The second-order valence-electron chi connectivity index (χ2n) is 14.5. The highest BCUT2D eigenvalue weighted by molar-refractivity contribution is 6.14. The van der Waals surface area contributed by atoms with Crippen molar-refractivity contribution in [1.82, 2.24) is 0 Å². The molecule has 10 aromatic rings. The maximum absolute atomic E-state index is 2.40. The van der Waals surface area contributed by atoms with Gasteiger partial charge in [-0.25, -0.2) is 0 Å². The molecule has 268 valence electrons. The third-order valence-corrected chi connectivity index (χ3v) is 11.1.